The van der Waals surface area contributed by atoms with E-state index in [9.17, 15) is 19.2 Å². The van der Waals surface area contributed by atoms with E-state index in [0.29, 0.717) is 25.2 Å². The monoisotopic (exact) mass is 688 g/mol. The summed E-state index contributed by atoms with van der Waals surface area (Å²) in [5, 5.41) is 2.92. The van der Waals surface area contributed by atoms with Crippen LogP contribution < -0.4 is 11.1 Å². The van der Waals surface area contributed by atoms with Gasteiger partial charge in [-0.25, -0.2) is 0 Å². The zero-order chi connectivity index (χ0) is 37.0. The van der Waals surface area contributed by atoms with Crippen molar-refractivity contribution in [1.29, 1.82) is 0 Å². The second kappa shape index (κ2) is 19.8. The van der Waals surface area contributed by atoms with Crippen LogP contribution in [0.25, 0.3) is 0 Å². The maximum absolute atomic E-state index is 14.1. The molecule has 2 rings (SSSR count). The highest BCUT2D eigenvalue weighted by molar-refractivity contribution is 5.89. The number of ether oxygens (including phenoxy) is 2. The Hall–Kier alpha value is -3.22. The summed E-state index contributed by atoms with van der Waals surface area (Å²) in [6, 6.07) is 6.25. The van der Waals surface area contributed by atoms with Gasteiger partial charge in [0.15, 0.2) is 0 Å². The molecule has 12 heteroatoms. The number of amides is 4. The lowest BCUT2D eigenvalue weighted by atomic mass is 9.89. The van der Waals surface area contributed by atoms with Crippen LogP contribution in [-0.2, 0) is 35.1 Å². The molecule has 1 aliphatic heterocycles. The van der Waals surface area contributed by atoms with E-state index in [1.54, 1.807) is 57.1 Å². The molecule has 1 aromatic carbocycles. The van der Waals surface area contributed by atoms with Crippen molar-refractivity contribution in [2.75, 3.05) is 67.8 Å². The van der Waals surface area contributed by atoms with Crippen molar-refractivity contribution in [2.45, 2.75) is 97.1 Å². The molecule has 1 aliphatic rings. The molecule has 0 aromatic heterocycles. The van der Waals surface area contributed by atoms with Gasteiger partial charge >= 0.3 is 0 Å². The second-order valence-corrected chi connectivity index (χ2v) is 14.3. The molecule has 12 nitrogen and oxygen atoms in total. The molecule has 0 spiro atoms. The van der Waals surface area contributed by atoms with Crippen molar-refractivity contribution in [3.8, 4) is 0 Å². The van der Waals surface area contributed by atoms with Gasteiger partial charge < -0.3 is 40.1 Å². The number of nitrogens with two attached hydrogens (primary N) is 1. The average molecular weight is 689 g/mol. The highest BCUT2D eigenvalue weighted by Gasteiger charge is 2.43. The number of benzene rings is 1. The maximum Gasteiger partial charge on any atom is 0.245 e. The van der Waals surface area contributed by atoms with Crippen LogP contribution in [0.1, 0.15) is 65.9 Å². The minimum atomic E-state index is -0.718. The van der Waals surface area contributed by atoms with E-state index in [1.165, 1.54) is 0 Å². The molecule has 0 radical (unpaired) electrons. The number of carbonyl (C=O) groups is 4. The van der Waals surface area contributed by atoms with Crippen LogP contribution in [-0.4, -0.2) is 136 Å². The average Bonchev–Trinajstić information content (AvgIpc) is 3.54. The van der Waals surface area contributed by atoms with Gasteiger partial charge in [0.25, 0.3) is 0 Å². The van der Waals surface area contributed by atoms with Gasteiger partial charge in [-0.05, 0) is 56.8 Å². The molecule has 3 N–H and O–H groups in total. The first-order valence-electron chi connectivity index (χ1n) is 17.7. The van der Waals surface area contributed by atoms with Crippen molar-refractivity contribution in [3.63, 3.8) is 0 Å². The zero-order valence-corrected chi connectivity index (χ0v) is 31.9. The molecular weight excluding hydrogens is 624 g/mol. The van der Waals surface area contributed by atoms with Gasteiger partial charge in [-0.15, -0.1) is 0 Å². The Morgan fingerprint density at radius 2 is 1.65 bits per heavy atom. The highest BCUT2D eigenvalue weighted by Crippen LogP contribution is 2.30. The van der Waals surface area contributed by atoms with Gasteiger partial charge in [0.2, 0.25) is 23.6 Å². The summed E-state index contributed by atoms with van der Waals surface area (Å²) in [6.45, 7) is 11.0. The molecule has 7 atom stereocenters. The minimum Gasteiger partial charge on any atom is -0.399 e. The third kappa shape index (κ3) is 11.4. The number of carbonyl (C=O) groups excluding carboxylic acids is 4. The van der Waals surface area contributed by atoms with Crippen LogP contribution in [0.4, 0.5) is 5.69 Å². The van der Waals surface area contributed by atoms with Gasteiger partial charge in [-0.2, -0.15) is 0 Å². The van der Waals surface area contributed by atoms with E-state index in [-0.39, 0.29) is 54.5 Å². The summed E-state index contributed by atoms with van der Waals surface area (Å²) in [5.74, 6) is -1.20. The molecule has 49 heavy (non-hydrogen) atoms. The lowest BCUT2D eigenvalue weighted by Gasteiger charge is -2.41. The summed E-state index contributed by atoms with van der Waals surface area (Å²) in [7, 11) is 10.3. The Morgan fingerprint density at radius 3 is 2.20 bits per heavy atom. The number of hydrogen-bond donors (Lipinski definition) is 2. The van der Waals surface area contributed by atoms with E-state index in [1.807, 2.05) is 56.9 Å². The van der Waals surface area contributed by atoms with Crippen molar-refractivity contribution in [2.24, 2.45) is 17.8 Å². The van der Waals surface area contributed by atoms with Crippen LogP contribution in [0.5, 0.6) is 0 Å². The lowest BCUT2D eigenvalue weighted by Crippen LogP contribution is -2.58. The number of likely N-dealkylation sites (N-methyl/N-ethyl adjacent to an activating group) is 3. The van der Waals surface area contributed by atoms with Gasteiger partial charge in [-0.1, -0.05) is 59.2 Å². The number of nitrogen functional groups attached to an aromatic ring is 1. The lowest BCUT2D eigenvalue weighted by molar-refractivity contribution is -0.149. The number of hydrogen-bond acceptors (Lipinski definition) is 8. The quantitative estimate of drug-likeness (QED) is 0.212. The van der Waals surface area contributed by atoms with Crippen LogP contribution in [0.2, 0.25) is 0 Å². The van der Waals surface area contributed by atoms with Crippen LogP contribution >= 0.6 is 0 Å². The van der Waals surface area contributed by atoms with E-state index >= 15 is 0 Å². The Morgan fingerprint density at radius 1 is 1.00 bits per heavy atom. The number of nitrogens with one attached hydrogen (secondary N) is 1. The van der Waals surface area contributed by atoms with Crippen molar-refractivity contribution in [3.05, 3.63) is 29.8 Å². The van der Waals surface area contributed by atoms with Crippen molar-refractivity contribution < 1.29 is 28.7 Å². The summed E-state index contributed by atoms with van der Waals surface area (Å²) in [6.07, 6.45) is 1.91. The first-order chi connectivity index (χ1) is 23.1. The fourth-order valence-corrected chi connectivity index (χ4v) is 7.04. The molecule has 1 fully saturated rings. The topological polar surface area (TPSA) is 138 Å². The number of anilines is 1. The van der Waals surface area contributed by atoms with E-state index in [2.05, 4.69) is 12.2 Å². The first-order valence-corrected chi connectivity index (χ1v) is 17.7. The first kappa shape index (κ1) is 41.9. The summed E-state index contributed by atoms with van der Waals surface area (Å²) < 4.78 is 11.9. The Balaban J connectivity index is 2.21. The van der Waals surface area contributed by atoms with Gasteiger partial charge in [-0.3, -0.25) is 19.2 Å². The fraction of sp³-hybridized carbons (Fsp3) is 0.730. The fourth-order valence-electron chi connectivity index (χ4n) is 7.04. The predicted octanol–water partition coefficient (Wildman–Crippen LogP) is 2.89. The van der Waals surface area contributed by atoms with Crippen LogP contribution in [0.3, 0.4) is 0 Å². The molecule has 1 aromatic rings. The molecule has 4 amide bonds. The summed E-state index contributed by atoms with van der Waals surface area (Å²) in [4.78, 5) is 61.2. The second-order valence-electron chi connectivity index (χ2n) is 14.3. The number of para-hydroxylation sites is 1. The third-order valence-corrected chi connectivity index (χ3v) is 10.1. The summed E-state index contributed by atoms with van der Waals surface area (Å²) in [5.41, 5.74) is 7.81. The molecule has 0 aliphatic carbocycles. The number of likely N-dealkylation sites (tertiary alicyclic amines) is 1. The molecule has 1 heterocycles. The molecule has 0 unspecified atom stereocenters. The van der Waals surface area contributed by atoms with E-state index in [0.717, 1.165) is 24.8 Å². The molecule has 1 saturated heterocycles. The molecular formula is C37H64N6O6. The summed E-state index contributed by atoms with van der Waals surface area (Å²) >= 11 is 0. The Bertz CT molecular complexity index is 1230. The van der Waals surface area contributed by atoms with Gasteiger partial charge in [0.05, 0.1) is 43.2 Å². The Labute approximate surface area is 295 Å². The maximum atomic E-state index is 14.1. The smallest absolute Gasteiger partial charge is 0.245 e. The largest absolute Gasteiger partial charge is 0.399 e. The van der Waals surface area contributed by atoms with Gasteiger partial charge in [0.1, 0.15) is 6.04 Å². The zero-order valence-electron chi connectivity index (χ0n) is 31.9. The normalized spacial score (nSPS) is 18.5. The number of methoxy groups -OCH3 is 2. The minimum absolute atomic E-state index is 0.0116. The van der Waals surface area contributed by atoms with Crippen molar-refractivity contribution in [1.82, 2.24) is 24.9 Å². The van der Waals surface area contributed by atoms with E-state index in [4.69, 9.17) is 15.2 Å². The number of rotatable bonds is 19. The molecule has 0 bridgehead atoms. The van der Waals surface area contributed by atoms with Crippen molar-refractivity contribution >= 4 is 29.3 Å². The standard InChI is InChI=1S/C37H64N6O6/c1-12-25(4)34(42(9)37(47)33(24(2)3)39-31(44)23-40(6)7)30(48-10)22-32(45)43-20-15-18-29(43)35(49-11)26(5)36(46)41(8)21-19-27-16-13-14-17-28(27)38/h13-14,16-17,24-26,29-30,33-35H,12,15,18-23,38H2,1-11H3,(H,39,44)/t25-,26+,29-,30+,33-,34-,35+/m0/s1. The van der Waals surface area contributed by atoms with E-state index < -0.39 is 30.2 Å². The Kier molecular flexibility index (Phi) is 17.0. The van der Waals surface area contributed by atoms with Crippen LogP contribution in [0.15, 0.2) is 24.3 Å². The number of nitrogens with zero attached hydrogens (tertiary/aromatic N) is 4. The highest BCUT2D eigenvalue weighted by atomic mass is 16.5. The molecule has 0 saturated carbocycles. The third-order valence-electron chi connectivity index (χ3n) is 10.1. The molecule has 278 valence electrons. The SMILES string of the molecule is CC[C@H](C)[C@@H]([C@@H](CC(=O)N1CCC[C@H]1[C@H](OC)[C@@H](C)C(=O)N(C)CCc1ccccc1N)OC)N(C)C(=O)[C@@H](NC(=O)CN(C)C)C(C)C. The van der Waals surface area contributed by atoms with Crippen LogP contribution in [0, 0.1) is 17.8 Å². The predicted molar refractivity (Wildman–Crippen MR) is 194 cm³/mol. The van der Waals surface area contributed by atoms with Gasteiger partial charge in [0, 0.05) is 47.1 Å².